The van der Waals surface area contributed by atoms with Crippen molar-refractivity contribution >= 4 is 15.8 Å². The van der Waals surface area contributed by atoms with E-state index in [4.69, 9.17) is 4.74 Å². The number of nitrogens with one attached hydrogen (secondary N) is 2. The number of aliphatic imine (C=N–C) groups is 1. The second kappa shape index (κ2) is 7.78. The second-order valence-electron chi connectivity index (χ2n) is 7.24. The van der Waals surface area contributed by atoms with E-state index in [2.05, 4.69) is 25.5 Å². The van der Waals surface area contributed by atoms with E-state index < -0.39 is 14.6 Å². The van der Waals surface area contributed by atoms with Crippen molar-refractivity contribution in [2.45, 2.75) is 25.1 Å². The molecule has 1 aromatic heterocycles. The van der Waals surface area contributed by atoms with E-state index in [-0.39, 0.29) is 5.75 Å². The van der Waals surface area contributed by atoms with Crippen molar-refractivity contribution in [1.29, 1.82) is 0 Å². The van der Waals surface area contributed by atoms with Crippen LogP contribution >= 0.6 is 0 Å². The smallest absolute Gasteiger partial charge is 0.194 e. The van der Waals surface area contributed by atoms with Gasteiger partial charge in [-0.3, -0.25) is 10.1 Å². The summed E-state index contributed by atoms with van der Waals surface area (Å²) in [6.07, 6.45) is 0. The topological polar surface area (TPSA) is 113 Å². The van der Waals surface area contributed by atoms with Crippen LogP contribution in [0.25, 0.3) is 11.4 Å². The third-order valence-electron chi connectivity index (χ3n) is 4.85. The average molecular weight is 407 g/mol. The van der Waals surface area contributed by atoms with Gasteiger partial charge in [0, 0.05) is 25.7 Å². The minimum Gasteiger partial charge on any atom is -0.497 e. The highest BCUT2D eigenvalue weighted by Gasteiger charge is 2.40. The predicted molar refractivity (Wildman–Crippen MR) is 108 cm³/mol. The van der Waals surface area contributed by atoms with Crippen LogP contribution in [0, 0.1) is 0 Å². The number of nitrogens with zero attached hydrogens (tertiary/aromatic N) is 4. The lowest BCUT2D eigenvalue weighted by molar-refractivity contribution is 0.353. The fourth-order valence-electron chi connectivity index (χ4n) is 3.06. The van der Waals surface area contributed by atoms with E-state index >= 15 is 0 Å². The number of aromatic amines is 1. The van der Waals surface area contributed by atoms with Gasteiger partial charge in [-0.2, -0.15) is 5.10 Å². The molecule has 0 saturated carbocycles. The molecule has 0 atom stereocenters. The van der Waals surface area contributed by atoms with E-state index in [1.807, 2.05) is 29.2 Å². The standard InChI is InChI=1S/C18H26N6O3S/c1-18(2)12-24(9-10-28(18,25)26)17(19-3)20-11-15-21-16(23-22-15)13-5-7-14(27-4)8-6-13/h5-8H,9-12H2,1-4H3,(H,19,20)(H,21,22,23). The van der Waals surface area contributed by atoms with E-state index in [0.717, 1.165) is 11.3 Å². The summed E-state index contributed by atoms with van der Waals surface area (Å²) in [6, 6.07) is 7.51. The highest BCUT2D eigenvalue weighted by atomic mass is 32.2. The lowest BCUT2D eigenvalue weighted by Crippen LogP contribution is -2.57. The van der Waals surface area contributed by atoms with Gasteiger partial charge in [0.05, 0.1) is 24.2 Å². The summed E-state index contributed by atoms with van der Waals surface area (Å²) in [4.78, 5) is 10.7. The summed E-state index contributed by atoms with van der Waals surface area (Å²) in [5.41, 5.74) is 0.885. The summed E-state index contributed by atoms with van der Waals surface area (Å²) in [7, 11) is 0.207. The Morgan fingerprint density at radius 3 is 2.68 bits per heavy atom. The van der Waals surface area contributed by atoms with Crippen LogP contribution in [0.3, 0.4) is 0 Å². The number of sulfone groups is 1. The second-order valence-corrected chi connectivity index (χ2v) is 9.98. The fourth-order valence-corrected chi connectivity index (χ4v) is 4.43. The molecular weight excluding hydrogens is 380 g/mol. The average Bonchev–Trinajstić information content (AvgIpc) is 3.14. The summed E-state index contributed by atoms with van der Waals surface area (Å²) in [6.45, 7) is 4.71. The van der Waals surface area contributed by atoms with Gasteiger partial charge in [-0.05, 0) is 38.1 Å². The minimum absolute atomic E-state index is 0.116. The molecule has 1 saturated heterocycles. The summed E-state index contributed by atoms with van der Waals surface area (Å²) in [5, 5.41) is 10.4. The zero-order valence-electron chi connectivity index (χ0n) is 16.6. The normalized spacial score (nSPS) is 18.7. The van der Waals surface area contributed by atoms with Crippen LogP contribution in [0.1, 0.15) is 19.7 Å². The first kappa shape index (κ1) is 20.1. The molecule has 10 heteroatoms. The third-order valence-corrected chi connectivity index (χ3v) is 7.38. The van der Waals surface area contributed by atoms with Crippen LogP contribution in [0.2, 0.25) is 0 Å². The van der Waals surface area contributed by atoms with Crippen molar-refractivity contribution in [1.82, 2.24) is 25.4 Å². The molecule has 0 unspecified atom stereocenters. The minimum atomic E-state index is -3.10. The van der Waals surface area contributed by atoms with Gasteiger partial charge in [0.2, 0.25) is 0 Å². The van der Waals surface area contributed by atoms with Crippen molar-refractivity contribution in [3.05, 3.63) is 30.1 Å². The predicted octanol–water partition coefficient (Wildman–Crippen LogP) is 1.06. The third kappa shape index (κ3) is 4.11. The Bertz CT molecular complexity index is 950. The van der Waals surface area contributed by atoms with Crippen molar-refractivity contribution in [3.8, 4) is 17.1 Å². The molecule has 2 N–H and O–H groups in total. The molecule has 152 valence electrons. The molecule has 0 spiro atoms. The summed E-state index contributed by atoms with van der Waals surface area (Å²) >= 11 is 0. The lowest BCUT2D eigenvalue weighted by atomic mass is 10.2. The van der Waals surface area contributed by atoms with Crippen LogP contribution in [0.15, 0.2) is 29.3 Å². The number of benzene rings is 1. The van der Waals surface area contributed by atoms with Crippen molar-refractivity contribution < 1.29 is 13.2 Å². The number of guanidine groups is 1. The zero-order valence-corrected chi connectivity index (χ0v) is 17.4. The van der Waals surface area contributed by atoms with Gasteiger partial charge in [0.1, 0.15) is 11.6 Å². The Morgan fingerprint density at radius 2 is 2.07 bits per heavy atom. The molecule has 0 amide bonds. The largest absolute Gasteiger partial charge is 0.497 e. The molecule has 9 nitrogen and oxygen atoms in total. The van der Waals surface area contributed by atoms with E-state index in [1.165, 1.54) is 0 Å². The molecule has 0 radical (unpaired) electrons. The zero-order chi connectivity index (χ0) is 20.4. The van der Waals surface area contributed by atoms with Gasteiger partial charge in [0.15, 0.2) is 21.6 Å². The Hall–Kier alpha value is -2.62. The maximum atomic E-state index is 12.2. The molecule has 2 aromatic rings. The number of hydrogen-bond donors (Lipinski definition) is 2. The van der Waals surface area contributed by atoms with Crippen molar-refractivity contribution in [3.63, 3.8) is 0 Å². The quantitative estimate of drug-likeness (QED) is 0.577. The molecule has 0 bridgehead atoms. The highest BCUT2D eigenvalue weighted by molar-refractivity contribution is 7.92. The number of H-pyrrole nitrogens is 1. The van der Waals surface area contributed by atoms with Gasteiger partial charge in [0.25, 0.3) is 0 Å². The van der Waals surface area contributed by atoms with E-state index in [0.29, 0.717) is 37.2 Å². The molecule has 1 aliphatic heterocycles. The SMILES string of the molecule is CN=C(NCc1nc(-c2ccc(OC)cc2)n[nH]1)N1CCS(=O)(=O)C(C)(C)C1. The highest BCUT2D eigenvalue weighted by Crippen LogP contribution is 2.24. The van der Waals surface area contributed by atoms with Crippen LogP contribution in [0.5, 0.6) is 5.75 Å². The Kier molecular flexibility index (Phi) is 5.59. The van der Waals surface area contributed by atoms with Gasteiger partial charge < -0.3 is 15.0 Å². The molecule has 1 aromatic carbocycles. The monoisotopic (exact) mass is 406 g/mol. The lowest BCUT2D eigenvalue weighted by Gasteiger charge is -2.39. The van der Waals surface area contributed by atoms with E-state index in [9.17, 15) is 8.42 Å². The first-order chi connectivity index (χ1) is 13.3. The maximum absolute atomic E-state index is 12.2. The fraction of sp³-hybridized carbons (Fsp3) is 0.500. The van der Waals surface area contributed by atoms with Gasteiger partial charge in [-0.15, -0.1) is 0 Å². The molecular formula is C18H26N6O3S. The number of ether oxygens (including phenoxy) is 1. The Morgan fingerprint density at radius 1 is 1.36 bits per heavy atom. The van der Waals surface area contributed by atoms with Crippen LogP contribution in [0.4, 0.5) is 0 Å². The Labute approximate surface area is 165 Å². The maximum Gasteiger partial charge on any atom is 0.194 e. The van der Waals surface area contributed by atoms with Crippen LogP contribution < -0.4 is 10.1 Å². The number of methoxy groups -OCH3 is 1. The molecule has 0 aliphatic carbocycles. The Balaban J connectivity index is 1.64. The van der Waals surface area contributed by atoms with Crippen molar-refractivity contribution in [2.75, 3.05) is 33.0 Å². The molecule has 2 heterocycles. The molecule has 1 aliphatic rings. The van der Waals surface area contributed by atoms with Gasteiger partial charge >= 0.3 is 0 Å². The summed E-state index contributed by atoms with van der Waals surface area (Å²) < 4.78 is 28.7. The first-order valence-electron chi connectivity index (χ1n) is 8.99. The summed E-state index contributed by atoms with van der Waals surface area (Å²) in [5.74, 6) is 2.79. The number of rotatable bonds is 4. The van der Waals surface area contributed by atoms with Crippen molar-refractivity contribution in [2.24, 2.45) is 4.99 Å². The van der Waals surface area contributed by atoms with Crippen LogP contribution in [-0.2, 0) is 16.4 Å². The molecule has 28 heavy (non-hydrogen) atoms. The molecule has 1 fully saturated rings. The number of aromatic nitrogens is 3. The van der Waals surface area contributed by atoms with Crippen LogP contribution in [-0.4, -0.2) is 72.2 Å². The van der Waals surface area contributed by atoms with Gasteiger partial charge in [-0.25, -0.2) is 13.4 Å². The van der Waals surface area contributed by atoms with E-state index in [1.54, 1.807) is 28.0 Å². The number of hydrogen-bond acceptors (Lipinski definition) is 6. The first-order valence-corrected chi connectivity index (χ1v) is 10.6. The van der Waals surface area contributed by atoms with Gasteiger partial charge in [-0.1, -0.05) is 0 Å². The molecule has 3 rings (SSSR count).